The van der Waals surface area contributed by atoms with Gasteiger partial charge in [-0.2, -0.15) is 0 Å². The minimum atomic E-state index is -1.70. The molecule has 0 heterocycles. The highest BCUT2D eigenvalue weighted by molar-refractivity contribution is 6.84. The summed E-state index contributed by atoms with van der Waals surface area (Å²) in [6, 6.07) is 7.60. The van der Waals surface area contributed by atoms with Crippen molar-refractivity contribution in [2.45, 2.75) is 13.1 Å². The smallest absolute Gasteiger partial charge is 0.217 e. The van der Waals surface area contributed by atoms with Gasteiger partial charge < -0.3 is 4.43 Å². The number of carbonyl (C=O) groups excluding carboxylic acids is 1. The van der Waals surface area contributed by atoms with E-state index in [1.165, 1.54) is 5.19 Å². The molecule has 0 aromatic heterocycles. The predicted octanol–water partition coefficient (Wildman–Crippen LogP) is 1.56. The van der Waals surface area contributed by atoms with E-state index in [4.69, 9.17) is 4.43 Å². The predicted molar refractivity (Wildman–Crippen MR) is 56.0 cm³/mol. The average Bonchev–Trinajstić information content (AvgIpc) is 2.18. The zero-order chi connectivity index (χ0) is 9.90. The van der Waals surface area contributed by atoms with Crippen molar-refractivity contribution >= 4 is 19.8 Å². The summed E-state index contributed by atoms with van der Waals surface area (Å²) >= 11 is 0. The van der Waals surface area contributed by atoms with Crippen LogP contribution in [0, 0.1) is 0 Å². The molecule has 3 heteroatoms. The SMILES string of the molecule is CO[Si](C)(C)c1ccc(C=O)cc1. The zero-order valence-electron chi connectivity index (χ0n) is 8.20. The normalized spacial score (nSPS) is 11.3. The van der Waals surface area contributed by atoms with Crippen LogP contribution in [0.25, 0.3) is 0 Å². The lowest BCUT2D eigenvalue weighted by Crippen LogP contribution is -2.43. The minimum Gasteiger partial charge on any atom is -0.416 e. The van der Waals surface area contributed by atoms with Gasteiger partial charge in [0.2, 0.25) is 8.32 Å². The molecule has 0 amide bonds. The lowest BCUT2D eigenvalue weighted by Gasteiger charge is -2.20. The van der Waals surface area contributed by atoms with Crippen molar-refractivity contribution in [2.75, 3.05) is 7.11 Å². The van der Waals surface area contributed by atoms with Crippen molar-refractivity contribution in [2.24, 2.45) is 0 Å². The fourth-order valence-electron chi connectivity index (χ4n) is 1.08. The van der Waals surface area contributed by atoms with Crippen molar-refractivity contribution in [3.8, 4) is 0 Å². The number of rotatable bonds is 3. The fraction of sp³-hybridized carbons (Fsp3) is 0.300. The van der Waals surface area contributed by atoms with Crippen molar-refractivity contribution in [1.82, 2.24) is 0 Å². The van der Waals surface area contributed by atoms with Gasteiger partial charge in [0.05, 0.1) is 0 Å². The van der Waals surface area contributed by atoms with Gasteiger partial charge in [0, 0.05) is 12.7 Å². The summed E-state index contributed by atoms with van der Waals surface area (Å²) < 4.78 is 5.45. The van der Waals surface area contributed by atoms with Crippen molar-refractivity contribution in [1.29, 1.82) is 0 Å². The Hall–Kier alpha value is -0.933. The minimum absolute atomic E-state index is 0.713. The van der Waals surface area contributed by atoms with E-state index >= 15 is 0 Å². The third-order valence-corrected chi connectivity index (χ3v) is 5.00. The van der Waals surface area contributed by atoms with Crippen LogP contribution in [0.2, 0.25) is 13.1 Å². The van der Waals surface area contributed by atoms with E-state index in [0.717, 1.165) is 6.29 Å². The molecule has 0 bridgehead atoms. The van der Waals surface area contributed by atoms with E-state index in [9.17, 15) is 4.79 Å². The Balaban J connectivity index is 2.98. The van der Waals surface area contributed by atoms with Gasteiger partial charge in [0.1, 0.15) is 6.29 Å². The molecule has 70 valence electrons. The van der Waals surface area contributed by atoms with E-state index in [2.05, 4.69) is 13.1 Å². The molecule has 0 aliphatic heterocycles. The highest BCUT2D eigenvalue weighted by Gasteiger charge is 2.22. The molecule has 0 aliphatic carbocycles. The summed E-state index contributed by atoms with van der Waals surface area (Å²) in [5.74, 6) is 0. The summed E-state index contributed by atoms with van der Waals surface area (Å²) in [6.07, 6.45) is 0.852. The molecular weight excluding hydrogens is 180 g/mol. The molecule has 0 spiro atoms. The van der Waals surface area contributed by atoms with Gasteiger partial charge in [-0.25, -0.2) is 0 Å². The molecule has 0 radical (unpaired) electrons. The maximum absolute atomic E-state index is 10.4. The van der Waals surface area contributed by atoms with Gasteiger partial charge in [-0.15, -0.1) is 0 Å². The second-order valence-corrected chi connectivity index (χ2v) is 7.46. The Morgan fingerprint density at radius 3 is 2.15 bits per heavy atom. The number of carbonyl (C=O) groups is 1. The summed E-state index contributed by atoms with van der Waals surface area (Å²) in [5.41, 5.74) is 0.713. The Bertz CT molecular complexity index is 290. The number of benzene rings is 1. The molecule has 0 saturated heterocycles. The van der Waals surface area contributed by atoms with Crippen LogP contribution in [0.5, 0.6) is 0 Å². The first-order valence-electron chi connectivity index (χ1n) is 4.21. The first-order valence-corrected chi connectivity index (χ1v) is 7.12. The quantitative estimate of drug-likeness (QED) is 0.539. The highest BCUT2D eigenvalue weighted by atomic mass is 28.4. The third kappa shape index (κ3) is 2.26. The Morgan fingerprint density at radius 2 is 1.77 bits per heavy atom. The van der Waals surface area contributed by atoms with E-state index < -0.39 is 8.32 Å². The Morgan fingerprint density at radius 1 is 1.23 bits per heavy atom. The molecule has 0 aliphatic rings. The van der Waals surface area contributed by atoms with E-state index in [1.807, 2.05) is 24.3 Å². The Kier molecular flexibility index (Phi) is 3.01. The second-order valence-electron chi connectivity index (χ2n) is 3.45. The van der Waals surface area contributed by atoms with Crippen LogP contribution in [0.4, 0.5) is 0 Å². The van der Waals surface area contributed by atoms with Gasteiger partial charge in [0.15, 0.2) is 0 Å². The standard InChI is InChI=1S/C10H14O2Si/c1-12-13(2,3)10-6-4-9(8-11)5-7-10/h4-8H,1-3H3. The summed E-state index contributed by atoms with van der Waals surface area (Å²) in [5, 5.41) is 1.21. The first kappa shape index (κ1) is 10.1. The maximum atomic E-state index is 10.4. The molecule has 0 saturated carbocycles. The average molecular weight is 194 g/mol. The van der Waals surface area contributed by atoms with Crippen LogP contribution in [0.3, 0.4) is 0 Å². The van der Waals surface area contributed by atoms with Gasteiger partial charge >= 0.3 is 0 Å². The van der Waals surface area contributed by atoms with Gasteiger partial charge in [-0.05, 0) is 18.3 Å². The third-order valence-electron chi connectivity index (χ3n) is 2.25. The second kappa shape index (κ2) is 3.85. The van der Waals surface area contributed by atoms with Gasteiger partial charge in [-0.1, -0.05) is 24.3 Å². The van der Waals surface area contributed by atoms with Gasteiger partial charge in [0.25, 0.3) is 0 Å². The molecule has 0 unspecified atom stereocenters. The van der Waals surface area contributed by atoms with Crippen LogP contribution in [0.1, 0.15) is 10.4 Å². The largest absolute Gasteiger partial charge is 0.416 e. The van der Waals surface area contributed by atoms with E-state index in [1.54, 1.807) is 7.11 Å². The van der Waals surface area contributed by atoms with Crippen molar-refractivity contribution in [3.63, 3.8) is 0 Å². The van der Waals surface area contributed by atoms with Crippen LogP contribution < -0.4 is 5.19 Å². The van der Waals surface area contributed by atoms with E-state index in [0.29, 0.717) is 5.56 Å². The van der Waals surface area contributed by atoms with Crippen molar-refractivity contribution < 1.29 is 9.22 Å². The molecule has 1 aromatic carbocycles. The molecule has 13 heavy (non-hydrogen) atoms. The molecule has 0 N–H and O–H groups in total. The molecular formula is C10H14O2Si. The van der Waals surface area contributed by atoms with Crippen molar-refractivity contribution in [3.05, 3.63) is 29.8 Å². The number of hydrogen-bond acceptors (Lipinski definition) is 2. The van der Waals surface area contributed by atoms with Crippen LogP contribution >= 0.6 is 0 Å². The Labute approximate surface area is 79.7 Å². The number of hydrogen-bond donors (Lipinski definition) is 0. The highest BCUT2D eigenvalue weighted by Crippen LogP contribution is 2.04. The summed E-state index contributed by atoms with van der Waals surface area (Å²) in [6.45, 7) is 4.26. The monoisotopic (exact) mass is 194 g/mol. The summed E-state index contributed by atoms with van der Waals surface area (Å²) in [7, 11) is 0.0310. The maximum Gasteiger partial charge on any atom is 0.217 e. The number of aldehydes is 1. The lowest BCUT2D eigenvalue weighted by molar-refractivity contribution is 0.112. The molecule has 0 atom stereocenters. The van der Waals surface area contributed by atoms with Crippen LogP contribution in [0.15, 0.2) is 24.3 Å². The molecule has 2 nitrogen and oxygen atoms in total. The molecule has 1 rings (SSSR count). The van der Waals surface area contributed by atoms with Gasteiger partial charge in [-0.3, -0.25) is 4.79 Å². The molecule has 1 aromatic rings. The lowest BCUT2D eigenvalue weighted by atomic mass is 10.2. The zero-order valence-corrected chi connectivity index (χ0v) is 9.20. The topological polar surface area (TPSA) is 26.3 Å². The first-order chi connectivity index (χ1) is 6.10. The van der Waals surface area contributed by atoms with Crippen LogP contribution in [-0.4, -0.2) is 21.7 Å². The van der Waals surface area contributed by atoms with Crippen LogP contribution in [-0.2, 0) is 4.43 Å². The van der Waals surface area contributed by atoms with E-state index in [-0.39, 0.29) is 0 Å². The molecule has 0 fully saturated rings. The fourth-order valence-corrected chi connectivity index (χ4v) is 2.29. The summed E-state index contributed by atoms with van der Waals surface area (Å²) in [4.78, 5) is 10.4.